The lowest BCUT2D eigenvalue weighted by molar-refractivity contribution is -0.127. The third-order valence-electron chi connectivity index (χ3n) is 4.38. The van der Waals surface area contributed by atoms with Gasteiger partial charge in [0.1, 0.15) is 5.75 Å². The number of nitrogens with zero attached hydrogens (tertiary/aromatic N) is 1. The minimum absolute atomic E-state index is 0.0672. The van der Waals surface area contributed by atoms with Gasteiger partial charge in [-0.05, 0) is 24.1 Å². The molecule has 3 rings (SSSR count). The highest BCUT2D eigenvalue weighted by atomic mass is 32.2. The monoisotopic (exact) mass is 404 g/mol. The lowest BCUT2D eigenvalue weighted by Gasteiger charge is -2.34. The fourth-order valence-corrected chi connectivity index (χ4v) is 4.59. The van der Waals surface area contributed by atoms with E-state index in [0.29, 0.717) is 36.6 Å². The molecule has 0 radical (unpaired) electrons. The first-order valence-electron chi connectivity index (χ1n) is 9.08. The van der Waals surface area contributed by atoms with E-state index >= 15 is 0 Å². The molecule has 1 aliphatic rings. The molecule has 0 fully saturated rings. The molecular formula is C20H24N2O5S. The summed E-state index contributed by atoms with van der Waals surface area (Å²) in [5.41, 5.74) is 1.13. The SMILES string of the molecule is COCCCNC(=O)[C@@H]1CN(S(=O)(=O)Cc2ccccc2)c2ccccc2O1. The summed E-state index contributed by atoms with van der Waals surface area (Å²) in [6.45, 7) is 0.902. The van der Waals surface area contributed by atoms with E-state index in [1.54, 1.807) is 55.6 Å². The van der Waals surface area contributed by atoms with Crippen molar-refractivity contribution in [3.8, 4) is 5.75 Å². The normalized spacial score (nSPS) is 16.2. The molecule has 28 heavy (non-hydrogen) atoms. The van der Waals surface area contributed by atoms with E-state index in [1.807, 2.05) is 6.07 Å². The number of ether oxygens (including phenoxy) is 2. The number of carbonyl (C=O) groups is 1. The van der Waals surface area contributed by atoms with Crippen molar-refractivity contribution in [2.24, 2.45) is 0 Å². The molecule has 1 N–H and O–H groups in total. The van der Waals surface area contributed by atoms with Crippen molar-refractivity contribution >= 4 is 21.6 Å². The maximum absolute atomic E-state index is 13.1. The van der Waals surface area contributed by atoms with Crippen molar-refractivity contribution in [1.29, 1.82) is 0 Å². The van der Waals surface area contributed by atoms with Gasteiger partial charge in [0, 0.05) is 20.3 Å². The second-order valence-electron chi connectivity index (χ2n) is 6.48. The van der Waals surface area contributed by atoms with Crippen LogP contribution in [0.25, 0.3) is 0 Å². The first-order valence-corrected chi connectivity index (χ1v) is 10.7. The molecule has 8 heteroatoms. The van der Waals surface area contributed by atoms with Gasteiger partial charge in [0.2, 0.25) is 10.0 Å². The van der Waals surface area contributed by atoms with Crippen LogP contribution in [0.15, 0.2) is 54.6 Å². The van der Waals surface area contributed by atoms with Gasteiger partial charge < -0.3 is 14.8 Å². The van der Waals surface area contributed by atoms with Crippen LogP contribution in [0.5, 0.6) is 5.75 Å². The molecule has 0 saturated heterocycles. The fraction of sp³-hybridized carbons (Fsp3) is 0.350. The zero-order chi connectivity index (χ0) is 20.0. The quantitative estimate of drug-likeness (QED) is 0.680. The number of benzene rings is 2. The molecule has 1 heterocycles. The Morgan fingerprint density at radius 1 is 1.18 bits per heavy atom. The van der Waals surface area contributed by atoms with Gasteiger partial charge in [0.05, 0.1) is 18.0 Å². The third-order valence-corrected chi connectivity index (χ3v) is 6.09. The van der Waals surface area contributed by atoms with E-state index < -0.39 is 16.1 Å². The predicted molar refractivity (Wildman–Crippen MR) is 107 cm³/mol. The molecule has 150 valence electrons. The molecule has 0 aliphatic carbocycles. The van der Waals surface area contributed by atoms with Crippen molar-refractivity contribution in [2.75, 3.05) is 31.1 Å². The highest BCUT2D eigenvalue weighted by Gasteiger charge is 2.36. The summed E-state index contributed by atoms with van der Waals surface area (Å²) in [7, 11) is -2.10. The molecule has 0 saturated carbocycles. The zero-order valence-electron chi connectivity index (χ0n) is 15.7. The summed E-state index contributed by atoms with van der Waals surface area (Å²) in [5, 5.41) is 2.77. The van der Waals surface area contributed by atoms with Crippen molar-refractivity contribution < 1.29 is 22.7 Å². The summed E-state index contributed by atoms with van der Waals surface area (Å²) in [6, 6.07) is 15.8. The third kappa shape index (κ3) is 4.82. The van der Waals surface area contributed by atoms with Crippen LogP contribution in [0, 0.1) is 0 Å². The fourth-order valence-electron chi connectivity index (χ4n) is 3.01. The van der Waals surface area contributed by atoms with Crippen LogP contribution in [0.1, 0.15) is 12.0 Å². The number of carbonyl (C=O) groups excluding carboxylic acids is 1. The first kappa shape index (κ1) is 20.2. The summed E-state index contributed by atoms with van der Waals surface area (Å²) in [4.78, 5) is 12.5. The number of fused-ring (bicyclic) bond motifs is 1. The standard InChI is InChI=1S/C20H24N2O5S/c1-26-13-7-12-21-20(23)19-14-22(17-10-5-6-11-18(17)27-19)28(24,25)15-16-8-3-2-4-9-16/h2-6,8-11,19H,7,12-15H2,1H3,(H,21,23)/t19-/m0/s1. The number of hydrogen-bond acceptors (Lipinski definition) is 5. The molecule has 2 aromatic rings. The van der Waals surface area contributed by atoms with E-state index in [9.17, 15) is 13.2 Å². The Balaban J connectivity index is 1.80. The average Bonchev–Trinajstić information content (AvgIpc) is 2.70. The molecule has 7 nitrogen and oxygen atoms in total. The van der Waals surface area contributed by atoms with Crippen LogP contribution in [-0.2, 0) is 25.3 Å². The topological polar surface area (TPSA) is 84.9 Å². The van der Waals surface area contributed by atoms with Crippen molar-refractivity contribution in [2.45, 2.75) is 18.3 Å². The summed E-state index contributed by atoms with van der Waals surface area (Å²) in [5.74, 6) is -0.113. The van der Waals surface area contributed by atoms with Gasteiger partial charge in [0.25, 0.3) is 5.91 Å². The molecular weight excluding hydrogens is 380 g/mol. The number of anilines is 1. The van der Waals surface area contributed by atoms with Crippen LogP contribution in [0.4, 0.5) is 5.69 Å². The van der Waals surface area contributed by atoms with Gasteiger partial charge in [-0.25, -0.2) is 8.42 Å². The molecule has 1 amide bonds. The summed E-state index contributed by atoms with van der Waals surface area (Å²) >= 11 is 0. The van der Waals surface area contributed by atoms with Crippen LogP contribution >= 0.6 is 0 Å². The Labute approximate surface area is 165 Å². The Hall–Kier alpha value is -2.58. The van der Waals surface area contributed by atoms with Crippen molar-refractivity contribution in [1.82, 2.24) is 5.32 Å². The van der Waals surface area contributed by atoms with E-state index in [0.717, 1.165) is 0 Å². The van der Waals surface area contributed by atoms with E-state index in [-0.39, 0.29) is 18.2 Å². The average molecular weight is 404 g/mol. The molecule has 0 spiro atoms. The number of rotatable bonds is 8. The Morgan fingerprint density at radius 3 is 2.64 bits per heavy atom. The molecule has 0 bridgehead atoms. The van der Waals surface area contributed by atoms with E-state index in [2.05, 4.69) is 5.32 Å². The van der Waals surface area contributed by atoms with E-state index in [4.69, 9.17) is 9.47 Å². The van der Waals surface area contributed by atoms with Gasteiger partial charge in [-0.15, -0.1) is 0 Å². The molecule has 2 aromatic carbocycles. The van der Waals surface area contributed by atoms with Gasteiger partial charge in [-0.1, -0.05) is 42.5 Å². The van der Waals surface area contributed by atoms with Crippen molar-refractivity contribution in [3.63, 3.8) is 0 Å². The van der Waals surface area contributed by atoms with Gasteiger partial charge in [0.15, 0.2) is 6.10 Å². The number of methoxy groups -OCH3 is 1. The smallest absolute Gasteiger partial charge is 0.263 e. The maximum atomic E-state index is 13.1. The highest BCUT2D eigenvalue weighted by molar-refractivity contribution is 7.92. The van der Waals surface area contributed by atoms with Crippen LogP contribution < -0.4 is 14.4 Å². The Kier molecular flexibility index (Phi) is 6.53. The minimum Gasteiger partial charge on any atom is -0.476 e. The lowest BCUT2D eigenvalue weighted by Crippen LogP contribution is -2.51. The number of amides is 1. The van der Waals surface area contributed by atoms with Gasteiger partial charge in [-0.2, -0.15) is 0 Å². The first-order chi connectivity index (χ1) is 13.5. The number of hydrogen-bond donors (Lipinski definition) is 1. The predicted octanol–water partition coefficient (Wildman–Crippen LogP) is 1.94. The molecule has 1 atom stereocenters. The second-order valence-corrected chi connectivity index (χ2v) is 8.38. The lowest BCUT2D eigenvalue weighted by atomic mass is 10.2. The maximum Gasteiger partial charge on any atom is 0.263 e. The van der Waals surface area contributed by atoms with Crippen LogP contribution in [0.3, 0.4) is 0 Å². The molecule has 1 aliphatic heterocycles. The molecule has 0 unspecified atom stereocenters. The Bertz CT molecular complexity index is 902. The van der Waals surface area contributed by atoms with Crippen LogP contribution in [0.2, 0.25) is 0 Å². The van der Waals surface area contributed by atoms with Crippen molar-refractivity contribution in [3.05, 3.63) is 60.2 Å². The number of sulfonamides is 1. The largest absolute Gasteiger partial charge is 0.476 e. The minimum atomic E-state index is -3.69. The number of para-hydroxylation sites is 2. The molecule has 0 aromatic heterocycles. The van der Waals surface area contributed by atoms with Crippen LogP contribution in [-0.4, -0.2) is 47.2 Å². The summed E-state index contributed by atoms with van der Waals surface area (Å²) in [6.07, 6.45) is -0.246. The zero-order valence-corrected chi connectivity index (χ0v) is 16.5. The van der Waals surface area contributed by atoms with E-state index in [1.165, 1.54) is 4.31 Å². The van der Waals surface area contributed by atoms with Gasteiger partial charge >= 0.3 is 0 Å². The summed E-state index contributed by atoms with van der Waals surface area (Å²) < 4.78 is 38.2. The Morgan fingerprint density at radius 2 is 1.89 bits per heavy atom. The number of nitrogens with one attached hydrogen (secondary N) is 1. The second kappa shape index (κ2) is 9.07. The van der Waals surface area contributed by atoms with Gasteiger partial charge in [-0.3, -0.25) is 9.10 Å². The highest BCUT2D eigenvalue weighted by Crippen LogP contribution is 2.35.